The van der Waals surface area contributed by atoms with Gasteiger partial charge in [0, 0.05) is 16.3 Å². The number of carbonyl (C=O) groups is 1. The van der Waals surface area contributed by atoms with E-state index in [1.54, 1.807) is 12.1 Å². The molecule has 1 heterocycles. The van der Waals surface area contributed by atoms with Gasteiger partial charge in [-0.15, -0.1) is 11.8 Å². The van der Waals surface area contributed by atoms with Gasteiger partial charge in [-0.3, -0.25) is 4.79 Å². The molecule has 1 amide bonds. The fourth-order valence-corrected chi connectivity index (χ4v) is 3.06. The number of anilines is 1. The molecule has 0 bridgehead atoms. The highest BCUT2D eigenvalue weighted by Gasteiger charge is 2.10. The Bertz CT molecular complexity index is 863. The highest BCUT2D eigenvalue weighted by Crippen LogP contribution is 2.20. The minimum atomic E-state index is -0.0586. The lowest BCUT2D eigenvalue weighted by Gasteiger charge is -2.05. The first-order chi connectivity index (χ1) is 12.6. The molecule has 7 heteroatoms. The Morgan fingerprint density at radius 3 is 2.58 bits per heavy atom. The number of hydrogen-bond donors (Lipinski definition) is 1. The molecule has 0 saturated carbocycles. The topological polar surface area (TPSA) is 68.0 Å². The second-order valence-corrected chi connectivity index (χ2v) is 7.03. The molecule has 0 aliphatic heterocycles. The molecule has 5 nitrogen and oxygen atoms in total. The van der Waals surface area contributed by atoms with Crippen LogP contribution in [0.15, 0.2) is 53.1 Å². The number of thioether (sulfide) groups is 1. The van der Waals surface area contributed by atoms with Crippen molar-refractivity contribution in [2.75, 3.05) is 11.1 Å². The summed E-state index contributed by atoms with van der Waals surface area (Å²) in [6.07, 6.45) is 0.978. The van der Waals surface area contributed by atoms with Crippen molar-refractivity contribution >= 4 is 35.0 Å². The average molecular weight is 388 g/mol. The van der Waals surface area contributed by atoms with Crippen molar-refractivity contribution in [2.24, 2.45) is 0 Å². The van der Waals surface area contributed by atoms with Crippen LogP contribution in [0.1, 0.15) is 18.4 Å². The maximum atomic E-state index is 12.0. The molecule has 0 aliphatic rings. The van der Waals surface area contributed by atoms with Crippen LogP contribution in [0.2, 0.25) is 5.02 Å². The summed E-state index contributed by atoms with van der Waals surface area (Å²) in [7, 11) is 0. The summed E-state index contributed by atoms with van der Waals surface area (Å²) < 4.78 is 5.23. The molecule has 0 radical (unpaired) electrons. The number of rotatable bonds is 7. The van der Waals surface area contributed by atoms with Gasteiger partial charge in [0.25, 0.3) is 0 Å². The van der Waals surface area contributed by atoms with Gasteiger partial charge in [0.1, 0.15) is 0 Å². The van der Waals surface area contributed by atoms with Gasteiger partial charge in [-0.25, -0.2) is 0 Å². The Balaban J connectivity index is 1.47. The van der Waals surface area contributed by atoms with E-state index in [4.69, 9.17) is 16.1 Å². The Labute approximate surface area is 161 Å². The molecule has 2 aromatic carbocycles. The standard InChI is InChI=1S/C19H18ClN3O2S/c1-2-13-3-9-16(10-4-13)21-17(24)11-26-12-18-22-19(23-25-18)14-5-7-15(20)8-6-14/h3-10H,2,11-12H2,1H3,(H,21,24). The van der Waals surface area contributed by atoms with Crippen molar-refractivity contribution in [3.63, 3.8) is 0 Å². The molecule has 0 fully saturated rings. The van der Waals surface area contributed by atoms with E-state index in [0.29, 0.717) is 28.2 Å². The lowest BCUT2D eigenvalue weighted by Crippen LogP contribution is -2.14. The highest BCUT2D eigenvalue weighted by atomic mass is 35.5. The Morgan fingerprint density at radius 2 is 1.88 bits per heavy atom. The zero-order chi connectivity index (χ0) is 18.4. The molecule has 0 aliphatic carbocycles. The number of carbonyl (C=O) groups excluding carboxylic acids is 1. The third-order valence-corrected chi connectivity index (χ3v) is 4.84. The summed E-state index contributed by atoms with van der Waals surface area (Å²) >= 11 is 7.29. The minimum Gasteiger partial charge on any atom is -0.338 e. The average Bonchev–Trinajstić information content (AvgIpc) is 3.12. The van der Waals surface area contributed by atoms with Gasteiger partial charge in [0.2, 0.25) is 17.6 Å². The molecule has 3 aromatic rings. The fourth-order valence-electron chi connectivity index (χ4n) is 2.28. The number of nitrogens with zero attached hydrogens (tertiary/aromatic N) is 2. The van der Waals surface area contributed by atoms with Crippen molar-refractivity contribution in [2.45, 2.75) is 19.1 Å². The van der Waals surface area contributed by atoms with Crippen LogP contribution < -0.4 is 5.32 Å². The molecule has 0 unspecified atom stereocenters. The predicted octanol–water partition coefficient (Wildman–Crippen LogP) is 4.82. The largest absolute Gasteiger partial charge is 0.338 e. The van der Waals surface area contributed by atoms with Crippen molar-refractivity contribution < 1.29 is 9.32 Å². The number of nitrogens with one attached hydrogen (secondary N) is 1. The summed E-state index contributed by atoms with van der Waals surface area (Å²) in [5.41, 5.74) is 2.88. The second-order valence-electron chi connectivity index (χ2n) is 5.61. The summed E-state index contributed by atoms with van der Waals surface area (Å²) in [5, 5.41) is 7.49. The Hall–Kier alpha value is -2.31. The molecule has 1 N–H and O–H groups in total. The van der Waals surface area contributed by atoms with E-state index in [0.717, 1.165) is 17.7 Å². The summed E-state index contributed by atoms with van der Waals surface area (Å²) in [5.74, 6) is 1.73. The summed E-state index contributed by atoms with van der Waals surface area (Å²) in [4.78, 5) is 16.3. The van der Waals surface area contributed by atoms with Gasteiger partial charge in [0.15, 0.2) is 0 Å². The lowest BCUT2D eigenvalue weighted by atomic mass is 10.1. The van der Waals surface area contributed by atoms with Gasteiger partial charge >= 0.3 is 0 Å². The SMILES string of the molecule is CCc1ccc(NC(=O)CSCc2nc(-c3ccc(Cl)cc3)no2)cc1. The van der Waals surface area contributed by atoms with E-state index < -0.39 is 0 Å². The van der Waals surface area contributed by atoms with Crippen LogP contribution in [0.4, 0.5) is 5.69 Å². The van der Waals surface area contributed by atoms with E-state index in [-0.39, 0.29) is 5.91 Å². The van der Waals surface area contributed by atoms with E-state index in [2.05, 4.69) is 22.4 Å². The van der Waals surface area contributed by atoms with Crippen LogP contribution in [-0.2, 0) is 17.0 Å². The van der Waals surface area contributed by atoms with Gasteiger partial charge < -0.3 is 9.84 Å². The molecule has 26 heavy (non-hydrogen) atoms. The summed E-state index contributed by atoms with van der Waals surface area (Å²) in [6, 6.07) is 15.1. The smallest absolute Gasteiger partial charge is 0.236 e. The third-order valence-electron chi connectivity index (χ3n) is 3.68. The van der Waals surface area contributed by atoms with Crippen LogP contribution in [-0.4, -0.2) is 21.8 Å². The van der Waals surface area contributed by atoms with Crippen molar-refractivity contribution in [3.05, 3.63) is 65.0 Å². The quantitative estimate of drug-likeness (QED) is 0.629. The molecule has 0 atom stereocenters. The van der Waals surface area contributed by atoms with E-state index >= 15 is 0 Å². The normalized spacial score (nSPS) is 10.7. The maximum Gasteiger partial charge on any atom is 0.236 e. The number of halogens is 1. The monoisotopic (exact) mass is 387 g/mol. The number of amides is 1. The van der Waals surface area contributed by atoms with Gasteiger partial charge in [-0.1, -0.05) is 35.8 Å². The van der Waals surface area contributed by atoms with E-state index in [9.17, 15) is 4.79 Å². The zero-order valence-electron chi connectivity index (χ0n) is 14.2. The predicted molar refractivity (Wildman–Crippen MR) is 105 cm³/mol. The first-order valence-corrected chi connectivity index (χ1v) is 9.72. The molecule has 3 rings (SSSR count). The van der Waals surface area contributed by atoms with Crippen LogP contribution in [0.5, 0.6) is 0 Å². The Morgan fingerprint density at radius 1 is 1.15 bits per heavy atom. The molecule has 1 aromatic heterocycles. The van der Waals surface area contributed by atoms with Crippen molar-refractivity contribution in [1.82, 2.24) is 10.1 Å². The maximum absolute atomic E-state index is 12.0. The minimum absolute atomic E-state index is 0.0586. The number of aromatic nitrogens is 2. The number of benzene rings is 2. The third kappa shape index (κ3) is 5.09. The van der Waals surface area contributed by atoms with Crippen LogP contribution in [0.25, 0.3) is 11.4 Å². The van der Waals surface area contributed by atoms with Crippen LogP contribution >= 0.6 is 23.4 Å². The first kappa shape index (κ1) is 18.5. The zero-order valence-corrected chi connectivity index (χ0v) is 15.8. The number of aryl methyl sites for hydroxylation is 1. The van der Waals surface area contributed by atoms with Crippen LogP contribution in [0, 0.1) is 0 Å². The van der Waals surface area contributed by atoms with Gasteiger partial charge in [-0.2, -0.15) is 4.98 Å². The first-order valence-electron chi connectivity index (χ1n) is 8.19. The molecule has 0 spiro atoms. The molecule has 134 valence electrons. The lowest BCUT2D eigenvalue weighted by molar-refractivity contribution is -0.113. The second kappa shape index (κ2) is 8.87. The highest BCUT2D eigenvalue weighted by molar-refractivity contribution is 7.99. The Kier molecular flexibility index (Phi) is 6.30. The molecular weight excluding hydrogens is 370 g/mol. The van der Waals surface area contributed by atoms with E-state index in [1.807, 2.05) is 36.4 Å². The molecular formula is C19H18ClN3O2S. The fraction of sp³-hybridized carbons (Fsp3) is 0.211. The van der Waals surface area contributed by atoms with Crippen LogP contribution in [0.3, 0.4) is 0 Å². The number of hydrogen-bond acceptors (Lipinski definition) is 5. The molecule has 0 saturated heterocycles. The van der Waals surface area contributed by atoms with Crippen molar-refractivity contribution in [3.8, 4) is 11.4 Å². The van der Waals surface area contributed by atoms with Gasteiger partial charge in [0.05, 0.1) is 11.5 Å². The van der Waals surface area contributed by atoms with E-state index in [1.165, 1.54) is 17.3 Å². The van der Waals surface area contributed by atoms with Gasteiger partial charge in [-0.05, 0) is 48.4 Å². The van der Waals surface area contributed by atoms with Crippen molar-refractivity contribution in [1.29, 1.82) is 0 Å². The summed E-state index contributed by atoms with van der Waals surface area (Å²) in [6.45, 7) is 2.10.